The molecule has 0 spiro atoms. The average molecular weight is 277 g/mol. The number of nitrogens with one attached hydrogen (secondary N) is 1. The van der Waals surface area contributed by atoms with Gasteiger partial charge in [0.2, 0.25) is 0 Å². The lowest BCUT2D eigenvalue weighted by molar-refractivity contribution is -0.115. The fourth-order valence-electron chi connectivity index (χ4n) is 1.39. The highest BCUT2D eigenvalue weighted by molar-refractivity contribution is 8.26. The maximum atomic E-state index is 11.5. The summed E-state index contributed by atoms with van der Waals surface area (Å²) in [4.78, 5) is 12.1. The summed E-state index contributed by atoms with van der Waals surface area (Å²) in [5, 5.41) is 2.58. The van der Waals surface area contributed by atoms with Gasteiger partial charge in [0, 0.05) is 0 Å². The summed E-state index contributed by atoms with van der Waals surface area (Å²) in [5.41, 5.74) is 0.934. The van der Waals surface area contributed by atoms with Crippen molar-refractivity contribution in [2.24, 2.45) is 0 Å². The molecular weight excluding hydrogens is 266 g/mol. The first-order chi connectivity index (χ1) is 8.69. The number of hydrogen-bond acceptors (Lipinski definition) is 4. The molecule has 0 aromatic heterocycles. The molecule has 1 aliphatic heterocycles. The van der Waals surface area contributed by atoms with Crippen LogP contribution in [0.5, 0.6) is 5.75 Å². The molecule has 2 rings (SSSR count). The van der Waals surface area contributed by atoms with Gasteiger partial charge in [0.25, 0.3) is 5.91 Å². The van der Waals surface area contributed by atoms with Crippen molar-refractivity contribution >= 4 is 40.3 Å². The van der Waals surface area contributed by atoms with Crippen LogP contribution in [0.4, 0.5) is 0 Å². The van der Waals surface area contributed by atoms with Gasteiger partial charge in [0.05, 0.1) is 4.91 Å². The quantitative estimate of drug-likeness (QED) is 0.522. The smallest absolute Gasteiger partial charge is 0.263 e. The van der Waals surface area contributed by atoms with Crippen LogP contribution in [0.15, 0.2) is 41.8 Å². The van der Waals surface area contributed by atoms with E-state index in [1.54, 1.807) is 12.2 Å². The molecule has 0 radical (unpaired) electrons. The van der Waals surface area contributed by atoms with Crippen molar-refractivity contribution in [1.82, 2.24) is 5.32 Å². The van der Waals surface area contributed by atoms with Crippen LogP contribution in [0.3, 0.4) is 0 Å². The zero-order valence-electron chi connectivity index (χ0n) is 9.51. The molecule has 1 aromatic rings. The SMILES string of the molecule is C=CCOc1ccc(/C=C2/SC(=S)NC2=O)cc1. The Hall–Kier alpha value is -1.59. The molecule has 0 aliphatic carbocycles. The number of thiocarbonyl (C=S) groups is 1. The fourth-order valence-corrected chi connectivity index (χ4v) is 2.43. The Morgan fingerprint density at radius 3 is 2.67 bits per heavy atom. The topological polar surface area (TPSA) is 38.3 Å². The number of amides is 1. The zero-order valence-corrected chi connectivity index (χ0v) is 11.1. The molecule has 0 atom stereocenters. The van der Waals surface area contributed by atoms with Crippen LogP contribution in [0.2, 0.25) is 0 Å². The monoisotopic (exact) mass is 277 g/mol. The fraction of sp³-hybridized carbons (Fsp3) is 0.0769. The van der Waals surface area contributed by atoms with Crippen LogP contribution in [0, 0.1) is 0 Å². The minimum Gasteiger partial charge on any atom is -0.490 e. The van der Waals surface area contributed by atoms with Gasteiger partial charge in [-0.3, -0.25) is 4.79 Å². The number of thioether (sulfide) groups is 1. The van der Waals surface area contributed by atoms with E-state index in [9.17, 15) is 4.79 Å². The van der Waals surface area contributed by atoms with E-state index in [1.165, 1.54) is 11.8 Å². The maximum Gasteiger partial charge on any atom is 0.263 e. The molecular formula is C13H11NO2S2. The lowest BCUT2D eigenvalue weighted by Gasteiger charge is -2.02. The first-order valence-corrected chi connectivity index (χ1v) is 6.50. The first kappa shape index (κ1) is 12.9. The van der Waals surface area contributed by atoms with Gasteiger partial charge in [-0.2, -0.15) is 0 Å². The van der Waals surface area contributed by atoms with Crippen molar-refractivity contribution in [3.63, 3.8) is 0 Å². The molecule has 92 valence electrons. The predicted octanol–water partition coefficient (Wildman–Crippen LogP) is 2.74. The van der Waals surface area contributed by atoms with E-state index in [2.05, 4.69) is 11.9 Å². The lowest BCUT2D eigenvalue weighted by Crippen LogP contribution is -2.17. The summed E-state index contributed by atoms with van der Waals surface area (Å²) < 4.78 is 5.87. The second-order valence-corrected chi connectivity index (χ2v) is 5.24. The largest absolute Gasteiger partial charge is 0.490 e. The van der Waals surface area contributed by atoms with E-state index in [0.717, 1.165) is 11.3 Å². The molecule has 0 unspecified atom stereocenters. The van der Waals surface area contributed by atoms with Gasteiger partial charge >= 0.3 is 0 Å². The van der Waals surface area contributed by atoms with E-state index in [1.807, 2.05) is 24.3 Å². The molecule has 1 N–H and O–H groups in total. The van der Waals surface area contributed by atoms with Crippen LogP contribution in [-0.4, -0.2) is 16.8 Å². The van der Waals surface area contributed by atoms with Gasteiger partial charge < -0.3 is 10.1 Å². The number of ether oxygens (including phenoxy) is 1. The molecule has 3 nitrogen and oxygen atoms in total. The second kappa shape index (κ2) is 5.84. The standard InChI is InChI=1S/C13H11NO2S2/c1-2-7-16-10-5-3-9(4-6-10)8-11-12(15)14-13(17)18-11/h2-6,8H,1,7H2,(H,14,15,17)/b11-8+. The summed E-state index contributed by atoms with van der Waals surface area (Å²) in [6.07, 6.45) is 3.49. The molecule has 1 amide bonds. The molecule has 1 fully saturated rings. The van der Waals surface area contributed by atoms with Gasteiger partial charge in [0.15, 0.2) is 0 Å². The summed E-state index contributed by atoms with van der Waals surface area (Å²) >= 11 is 6.19. The molecule has 0 saturated carbocycles. The summed E-state index contributed by atoms with van der Waals surface area (Å²) in [5.74, 6) is 0.632. The highest BCUT2D eigenvalue weighted by Gasteiger charge is 2.21. The minimum absolute atomic E-state index is 0.142. The Kier molecular flexibility index (Phi) is 4.17. The van der Waals surface area contributed by atoms with E-state index in [4.69, 9.17) is 17.0 Å². The maximum absolute atomic E-state index is 11.5. The van der Waals surface area contributed by atoms with Crippen LogP contribution >= 0.6 is 24.0 Å². The van der Waals surface area contributed by atoms with E-state index < -0.39 is 0 Å². The second-order valence-electron chi connectivity index (χ2n) is 3.52. The normalized spacial score (nSPS) is 16.8. The zero-order chi connectivity index (χ0) is 13.0. The Labute approximate surface area is 115 Å². The van der Waals surface area contributed by atoms with Crippen molar-refractivity contribution in [3.05, 3.63) is 47.4 Å². The number of hydrogen-bond donors (Lipinski definition) is 1. The molecule has 1 aromatic carbocycles. The molecule has 1 aliphatic rings. The van der Waals surface area contributed by atoms with Crippen LogP contribution in [-0.2, 0) is 4.79 Å². The molecule has 5 heteroatoms. The highest BCUT2D eigenvalue weighted by Crippen LogP contribution is 2.26. The average Bonchev–Trinajstić information content (AvgIpc) is 2.67. The third kappa shape index (κ3) is 3.21. The Morgan fingerprint density at radius 1 is 1.39 bits per heavy atom. The number of carbonyl (C=O) groups excluding carboxylic acids is 1. The van der Waals surface area contributed by atoms with Crippen LogP contribution in [0.25, 0.3) is 6.08 Å². The molecule has 18 heavy (non-hydrogen) atoms. The molecule has 0 bridgehead atoms. The van der Waals surface area contributed by atoms with E-state index >= 15 is 0 Å². The van der Waals surface area contributed by atoms with Crippen molar-refractivity contribution in [3.8, 4) is 5.75 Å². The lowest BCUT2D eigenvalue weighted by atomic mass is 10.2. The van der Waals surface area contributed by atoms with E-state index in [0.29, 0.717) is 15.8 Å². The minimum atomic E-state index is -0.142. The third-order valence-electron chi connectivity index (χ3n) is 2.19. The van der Waals surface area contributed by atoms with Gasteiger partial charge in [-0.1, -0.05) is 48.8 Å². The van der Waals surface area contributed by atoms with Gasteiger partial charge in [0.1, 0.15) is 16.7 Å². The van der Waals surface area contributed by atoms with Crippen LogP contribution < -0.4 is 10.1 Å². The summed E-state index contributed by atoms with van der Waals surface area (Å²) in [6.45, 7) is 4.06. The van der Waals surface area contributed by atoms with Crippen molar-refractivity contribution < 1.29 is 9.53 Å². The molecule has 1 saturated heterocycles. The van der Waals surface area contributed by atoms with Gasteiger partial charge in [-0.15, -0.1) is 0 Å². The van der Waals surface area contributed by atoms with Crippen molar-refractivity contribution in [2.45, 2.75) is 0 Å². The summed E-state index contributed by atoms with van der Waals surface area (Å²) in [6, 6.07) is 7.48. The highest BCUT2D eigenvalue weighted by atomic mass is 32.2. The van der Waals surface area contributed by atoms with Crippen LogP contribution in [0.1, 0.15) is 5.56 Å². The Balaban J connectivity index is 2.10. The number of carbonyl (C=O) groups is 1. The number of rotatable bonds is 4. The Morgan fingerprint density at radius 2 is 2.11 bits per heavy atom. The third-order valence-corrected chi connectivity index (χ3v) is 3.35. The molecule has 1 heterocycles. The van der Waals surface area contributed by atoms with Crippen molar-refractivity contribution in [1.29, 1.82) is 0 Å². The Bertz CT molecular complexity index is 520. The van der Waals surface area contributed by atoms with Gasteiger partial charge in [-0.25, -0.2) is 0 Å². The van der Waals surface area contributed by atoms with Crippen molar-refractivity contribution in [2.75, 3.05) is 6.61 Å². The van der Waals surface area contributed by atoms with E-state index in [-0.39, 0.29) is 5.91 Å². The number of benzene rings is 1. The first-order valence-electron chi connectivity index (χ1n) is 5.27. The van der Waals surface area contributed by atoms with Gasteiger partial charge in [-0.05, 0) is 23.8 Å². The summed E-state index contributed by atoms with van der Waals surface area (Å²) in [7, 11) is 0. The predicted molar refractivity (Wildman–Crippen MR) is 78.4 cm³/mol.